The number of hydrazine groups is 1. The van der Waals surface area contributed by atoms with Crippen molar-refractivity contribution < 1.29 is 14.3 Å². The first kappa shape index (κ1) is 20.5. The van der Waals surface area contributed by atoms with Crippen LogP contribution in [0.1, 0.15) is 43.2 Å². The largest absolute Gasteiger partial charge is 0.484 e. The molecular formula is C18H24ClN3O3S. The van der Waals surface area contributed by atoms with Crippen molar-refractivity contribution in [3.8, 4) is 5.75 Å². The summed E-state index contributed by atoms with van der Waals surface area (Å²) in [6.07, 6.45) is 5.01. The molecule has 1 aliphatic carbocycles. The topological polar surface area (TPSA) is 79.5 Å². The van der Waals surface area contributed by atoms with Gasteiger partial charge in [0, 0.05) is 11.4 Å². The Balaban J connectivity index is 1.67. The summed E-state index contributed by atoms with van der Waals surface area (Å²) >= 11 is 11.1. The monoisotopic (exact) mass is 397 g/mol. The van der Waals surface area contributed by atoms with Gasteiger partial charge in [0.25, 0.3) is 5.91 Å². The van der Waals surface area contributed by atoms with Gasteiger partial charge in [0.2, 0.25) is 5.91 Å². The lowest BCUT2D eigenvalue weighted by Gasteiger charge is -2.13. The molecule has 1 saturated carbocycles. The number of benzene rings is 1. The highest BCUT2D eigenvalue weighted by Crippen LogP contribution is 2.27. The van der Waals surface area contributed by atoms with E-state index in [0.29, 0.717) is 23.1 Å². The predicted molar refractivity (Wildman–Crippen MR) is 105 cm³/mol. The first-order valence-electron chi connectivity index (χ1n) is 8.63. The molecule has 0 unspecified atom stereocenters. The van der Waals surface area contributed by atoms with Gasteiger partial charge in [0.05, 0.1) is 0 Å². The summed E-state index contributed by atoms with van der Waals surface area (Å²) in [7, 11) is 0. The van der Waals surface area contributed by atoms with Crippen LogP contribution < -0.4 is 20.9 Å². The van der Waals surface area contributed by atoms with Crippen LogP contribution in [0.4, 0.5) is 0 Å². The molecule has 3 N–H and O–H groups in total. The third-order valence-corrected chi connectivity index (χ3v) is 5.10. The second kappa shape index (κ2) is 9.73. The van der Waals surface area contributed by atoms with Crippen LogP contribution in [0.15, 0.2) is 12.1 Å². The molecule has 0 saturated heterocycles. The van der Waals surface area contributed by atoms with Crippen LogP contribution in [0.25, 0.3) is 0 Å². The Morgan fingerprint density at radius 2 is 1.77 bits per heavy atom. The Labute approximate surface area is 164 Å². The molecule has 0 heterocycles. The summed E-state index contributed by atoms with van der Waals surface area (Å²) in [5.41, 5.74) is 6.66. The molecule has 142 valence electrons. The normalized spacial score (nSPS) is 14.0. The highest BCUT2D eigenvalue weighted by Gasteiger charge is 2.18. The molecule has 1 aliphatic rings. The van der Waals surface area contributed by atoms with E-state index in [2.05, 4.69) is 16.2 Å². The van der Waals surface area contributed by atoms with Crippen LogP contribution in [0.2, 0.25) is 5.02 Å². The van der Waals surface area contributed by atoms with Crippen LogP contribution in [0.3, 0.4) is 0 Å². The molecule has 2 rings (SSSR count). The molecule has 8 heteroatoms. The molecule has 1 aromatic rings. The smallest absolute Gasteiger partial charge is 0.276 e. The second-order valence-corrected chi connectivity index (χ2v) is 7.35. The minimum absolute atomic E-state index is 0.0690. The van der Waals surface area contributed by atoms with E-state index >= 15 is 0 Å². The molecule has 1 aromatic carbocycles. The summed E-state index contributed by atoms with van der Waals surface area (Å²) in [5.74, 6) is 0.453. The fraction of sp³-hybridized carbons (Fsp3) is 0.500. The number of nitrogens with one attached hydrogen (secondary N) is 3. The van der Waals surface area contributed by atoms with E-state index in [-0.39, 0.29) is 17.6 Å². The Kier molecular flexibility index (Phi) is 7.66. The van der Waals surface area contributed by atoms with Crippen molar-refractivity contribution in [3.05, 3.63) is 28.3 Å². The number of thiocarbonyl (C=S) groups is 1. The van der Waals surface area contributed by atoms with E-state index in [4.69, 9.17) is 28.6 Å². The van der Waals surface area contributed by atoms with Gasteiger partial charge < -0.3 is 10.1 Å². The standard InChI is InChI=1S/C18H24ClN3O3S/c1-11-7-14(8-12(2)17(11)19)25-10-16(24)21-22-18(26)20-15(23)9-13-5-3-4-6-13/h7-8,13H,3-6,9-10H2,1-2H3,(H,21,24)(H2,20,22,23,26). The van der Waals surface area contributed by atoms with Crippen molar-refractivity contribution >= 4 is 40.7 Å². The quantitative estimate of drug-likeness (QED) is 0.526. The Morgan fingerprint density at radius 3 is 2.38 bits per heavy atom. The lowest BCUT2D eigenvalue weighted by Crippen LogP contribution is -2.49. The minimum Gasteiger partial charge on any atom is -0.484 e. The number of halogens is 1. The van der Waals surface area contributed by atoms with Gasteiger partial charge >= 0.3 is 0 Å². The van der Waals surface area contributed by atoms with Crippen LogP contribution in [0, 0.1) is 19.8 Å². The van der Waals surface area contributed by atoms with Gasteiger partial charge in [-0.3, -0.25) is 20.4 Å². The van der Waals surface area contributed by atoms with Crippen LogP contribution in [-0.4, -0.2) is 23.5 Å². The molecule has 2 amide bonds. The van der Waals surface area contributed by atoms with Crippen molar-refractivity contribution in [2.24, 2.45) is 5.92 Å². The van der Waals surface area contributed by atoms with Crippen molar-refractivity contribution in [1.82, 2.24) is 16.2 Å². The van der Waals surface area contributed by atoms with Gasteiger partial charge in [0.15, 0.2) is 11.7 Å². The average Bonchev–Trinajstić information content (AvgIpc) is 3.08. The summed E-state index contributed by atoms with van der Waals surface area (Å²) < 4.78 is 5.45. The number of ether oxygens (including phenoxy) is 1. The Morgan fingerprint density at radius 1 is 1.15 bits per heavy atom. The summed E-state index contributed by atoms with van der Waals surface area (Å²) in [4.78, 5) is 23.7. The Hall–Kier alpha value is -1.86. The van der Waals surface area contributed by atoms with Crippen molar-refractivity contribution in [2.45, 2.75) is 46.0 Å². The number of aryl methyl sites for hydroxylation is 2. The maximum atomic E-state index is 11.9. The number of carbonyl (C=O) groups excluding carboxylic acids is 2. The third kappa shape index (κ3) is 6.46. The average molecular weight is 398 g/mol. The van der Waals surface area contributed by atoms with Gasteiger partial charge in [-0.05, 0) is 68.1 Å². The Bertz CT molecular complexity index is 667. The van der Waals surface area contributed by atoms with Gasteiger partial charge in [-0.25, -0.2) is 0 Å². The molecule has 0 spiro atoms. The second-order valence-electron chi connectivity index (χ2n) is 6.56. The fourth-order valence-electron chi connectivity index (χ4n) is 2.99. The SMILES string of the molecule is Cc1cc(OCC(=O)NNC(=S)NC(=O)CC2CCCC2)cc(C)c1Cl. The maximum Gasteiger partial charge on any atom is 0.276 e. The van der Waals surface area contributed by atoms with Crippen LogP contribution >= 0.6 is 23.8 Å². The number of carbonyl (C=O) groups is 2. The van der Waals surface area contributed by atoms with E-state index in [1.165, 1.54) is 12.8 Å². The van der Waals surface area contributed by atoms with E-state index in [1.54, 1.807) is 12.1 Å². The molecule has 26 heavy (non-hydrogen) atoms. The molecule has 1 fully saturated rings. The van der Waals surface area contributed by atoms with Crippen molar-refractivity contribution in [3.63, 3.8) is 0 Å². The molecule has 0 aliphatic heterocycles. The number of hydrogen-bond donors (Lipinski definition) is 3. The number of rotatable bonds is 5. The van der Waals surface area contributed by atoms with E-state index in [0.717, 1.165) is 24.0 Å². The van der Waals surface area contributed by atoms with Crippen LogP contribution in [0.5, 0.6) is 5.75 Å². The molecule has 0 aromatic heterocycles. The van der Waals surface area contributed by atoms with Crippen molar-refractivity contribution in [1.29, 1.82) is 0 Å². The minimum atomic E-state index is -0.414. The van der Waals surface area contributed by atoms with E-state index in [9.17, 15) is 9.59 Å². The zero-order chi connectivity index (χ0) is 19.1. The van der Waals surface area contributed by atoms with Crippen LogP contribution in [-0.2, 0) is 9.59 Å². The predicted octanol–water partition coefficient (Wildman–Crippen LogP) is 2.94. The molecule has 0 atom stereocenters. The first-order chi connectivity index (χ1) is 12.3. The van der Waals surface area contributed by atoms with Gasteiger partial charge in [-0.15, -0.1) is 0 Å². The molecule has 6 nitrogen and oxygen atoms in total. The van der Waals surface area contributed by atoms with Crippen molar-refractivity contribution in [2.75, 3.05) is 6.61 Å². The van der Waals surface area contributed by atoms with Gasteiger partial charge in [-0.1, -0.05) is 24.4 Å². The molecule has 0 radical (unpaired) electrons. The molecule has 0 bridgehead atoms. The van der Waals surface area contributed by atoms with Gasteiger partial charge in [-0.2, -0.15) is 0 Å². The fourth-order valence-corrected chi connectivity index (χ4v) is 3.26. The molecular weight excluding hydrogens is 374 g/mol. The summed E-state index contributed by atoms with van der Waals surface area (Å²) in [5, 5.41) is 3.32. The summed E-state index contributed by atoms with van der Waals surface area (Å²) in [6.45, 7) is 3.55. The lowest BCUT2D eigenvalue weighted by atomic mass is 10.0. The van der Waals surface area contributed by atoms with E-state index in [1.807, 2.05) is 13.8 Å². The zero-order valence-corrected chi connectivity index (χ0v) is 16.6. The third-order valence-electron chi connectivity index (χ3n) is 4.30. The number of amides is 2. The highest BCUT2D eigenvalue weighted by molar-refractivity contribution is 7.80. The highest BCUT2D eigenvalue weighted by atomic mass is 35.5. The van der Waals surface area contributed by atoms with Gasteiger partial charge in [0.1, 0.15) is 5.75 Å². The summed E-state index contributed by atoms with van der Waals surface area (Å²) in [6, 6.07) is 3.54. The van der Waals surface area contributed by atoms with E-state index < -0.39 is 5.91 Å². The lowest BCUT2D eigenvalue weighted by molar-refractivity contribution is -0.124. The maximum absolute atomic E-state index is 11.9. The first-order valence-corrected chi connectivity index (χ1v) is 9.42. The number of hydrogen-bond acceptors (Lipinski definition) is 4. The zero-order valence-electron chi connectivity index (χ0n) is 15.0.